The Hall–Kier alpha value is -6.06. The van der Waals surface area contributed by atoms with Crippen LogP contribution in [-0.2, 0) is 27.2 Å². The van der Waals surface area contributed by atoms with Gasteiger partial charge in [0.05, 0.1) is 21.8 Å². The summed E-state index contributed by atoms with van der Waals surface area (Å²) in [5.74, 6) is 0. The molecule has 0 fully saturated rings. The third-order valence-electron chi connectivity index (χ3n) is 11.7. The molecule has 0 spiro atoms. The lowest BCUT2D eigenvalue weighted by atomic mass is 9.73. The lowest BCUT2D eigenvalue weighted by Crippen LogP contribution is -2.23. The van der Waals surface area contributed by atoms with Crippen molar-refractivity contribution in [1.82, 2.24) is 0 Å². The van der Waals surface area contributed by atoms with Gasteiger partial charge in [-0.1, -0.05) is 147 Å². The maximum Gasteiger partial charge on any atom is 0.166 e. The van der Waals surface area contributed by atoms with Crippen LogP contribution < -0.4 is 0 Å². The first kappa shape index (κ1) is 38.5. The van der Waals surface area contributed by atoms with Gasteiger partial charge in [0, 0.05) is 5.41 Å². The molecule has 59 heavy (non-hydrogen) atoms. The van der Waals surface area contributed by atoms with E-state index in [1.54, 1.807) is 0 Å². The zero-order valence-corrected chi connectivity index (χ0v) is 35.3. The van der Waals surface area contributed by atoms with E-state index < -0.39 is 0 Å². The highest BCUT2D eigenvalue weighted by atomic mass is 32.2. The summed E-state index contributed by atoms with van der Waals surface area (Å²) in [4.78, 5) is 7.99. The van der Waals surface area contributed by atoms with Gasteiger partial charge in [-0.2, -0.15) is 0 Å². The number of rotatable bonds is 12. The van der Waals surface area contributed by atoms with Crippen LogP contribution in [0.15, 0.2) is 236 Å². The highest BCUT2D eigenvalue weighted by Gasteiger charge is 2.40. The summed E-state index contributed by atoms with van der Waals surface area (Å²) >= 11 is 0. The molecule has 1 aliphatic rings. The van der Waals surface area contributed by atoms with Gasteiger partial charge in [-0.25, -0.2) is 0 Å². The predicted molar refractivity (Wildman–Crippen MR) is 254 cm³/mol. The van der Waals surface area contributed by atoms with E-state index in [1.807, 2.05) is 0 Å². The lowest BCUT2D eigenvalue weighted by molar-refractivity contribution is 0.490. The van der Waals surface area contributed by atoms with Gasteiger partial charge < -0.3 is 0 Å². The molecule has 0 nitrogen and oxygen atoms in total. The van der Waals surface area contributed by atoms with E-state index in [1.165, 1.54) is 73.9 Å². The van der Waals surface area contributed by atoms with Crippen LogP contribution in [0.5, 0.6) is 0 Å². The minimum Gasteiger partial charge on any atom is -0.0642 e. The molecular formula is C57H48S2+2. The number of fused-ring (bicyclic) bond motifs is 3. The Morgan fingerprint density at radius 2 is 0.593 bits per heavy atom. The summed E-state index contributed by atoms with van der Waals surface area (Å²) < 4.78 is 0. The van der Waals surface area contributed by atoms with Crippen molar-refractivity contribution >= 4 is 46.1 Å². The summed E-state index contributed by atoms with van der Waals surface area (Å²) in [7, 11) is -0.299. The summed E-state index contributed by atoms with van der Waals surface area (Å²) in [5, 5.41) is 0. The second kappa shape index (κ2) is 17.4. The Bertz CT molecular complexity index is 2430. The normalized spacial score (nSPS) is 13.0. The smallest absolute Gasteiger partial charge is 0.0642 e. The van der Waals surface area contributed by atoms with Gasteiger partial charge in [-0.15, -0.1) is 0 Å². The predicted octanol–water partition coefficient (Wildman–Crippen LogP) is 15.3. The molecule has 0 radical (unpaired) electrons. The summed E-state index contributed by atoms with van der Waals surface area (Å²) in [6.45, 7) is 4.71. The average Bonchev–Trinajstić information content (AvgIpc) is 3.58. The molecule has 0 amide bonds. The zero-order chi connectivity index (χ0) is 40.0. The van der Waals surface area contributed by atoms with Crippen molar-refractivity contribution in [3.05, 3.63) is 240 Å². The highest BCUT2D eigenvalue weighted by molar-refractivity contribution is 7.97. The quantitative estimate of drug-likeness (QED) is 0.0853. The van der Waals surface area contributed by atoms with Gasteiger partial charge in [-0.05, 0) is 154 Å². The standard InChI is InChI=1S/C57H48S2/c1-3-57(4-2)55-41-45(27-25-43-29-35-51(36-30-43)58(47-17-9-5-10-18-47)48-19-11-6-12-20-48)33-39-53(55)54-40-34-46(42-56(54)57)28-26-44-31-37-52(38-32-44)59(49-21-13-7-14-22-49)50-23-15-8-16-24-50/h5-42H,3-4H2,1-2H3/q+2/b27-25+,28-26+. The van der Waals surface area contributed by atoms with Crippen LogP contribution in [0.2, 0.25) is 0 Å². The molecule has 0 atom stereocenters. The van der Waals surface area contributed by atoms with Crippen molar-refractivity contribution in [1.29, 1.82) is 0 Å². The molecule has 0 unspecified atom stereocenters. The lowest BCUT2D eigenvalue weighted by Gasteiger charge is -2.30. The molecule has 0 saturated heterocycles. The maximum absolute atomic E-state index is 2.45. The van der Waals surface area contributed by atoms with E-state index in [4.69, 9.17) is 0 Å². The van der Waals surface area contributed by atoms with Crippen LogP contribution in [0.1, 0.15) is 60.1 Å². The summed E-state index contributed by atoms with van der Waals surface area (Å²) in [5.41, 5.74) is 10.5. The van der Waals surface area contributed by atoms with Crippen LogP contribution in [0.4, 0.5) is 0 Å². The number of benzene rings is 8. The number of hydrogen-bond donors (Lipinski definition) is 0. The fourth-order valence-corrected chi connectivity index (χ4v) is 12.8. The van der Waals surface area contributed by atoms with E-state index in [2.05, 4.69) is 244 Å². The zero-order valence-electron chi connectivity index (χ0n) is 33.7. The molecule has 286 valence electrons. The van der Waals surface area contributed by atoms with Gasteiger partial charge >= 0.3 is 0 Å². The molecule has 0 heterocycles. The Labute approximate surface area is 356 Å². The van der Waals surface area contributed by atoms with E-state index in [-0.39, 0.29) is 27.2 Å². The molecule has 9 rings (SSSR count). The molecule has 0 saturated carbocycles. The van der Waals surface area contributed by atoms with E-state index in [0.717, 1.165) is 12.8 Å². The molecule has 2 heteroatoms. The van der Waals surface area contributed by atoms with Gasteiger partial charge in [0.25, 0.3) is 0 Å². The Morgan fingerprint density at radius 1 is 0.322 bits per heavy atom. The monoisotopic (exact) mass is 796 g/mol. The molecule has 0 N–H and O–H groups in total. The van der Waals surface area contributed by atoms with E-state index >= 15 is 0 Å². The summed E-state index contributed by atoms with van der Waals surface area (Å²) in [6.07, 6.45) is 11.2. The van der Waals surface area contributed by atoms with Crippen LogP contribution in [0, 0.1) is 0 Å². The average molecular weight is 797 g/mol. The number of hydrogen-bond acceptors (Lipinski definition) is 0. The molecule has 0 aliphatic heterocycles. The van der Waals surface area contributed by atoms with Crippen molar-refractivity contribution in [2.75, 3.05) is 0 Å². The van der Waals surface area contributed by atoms with Crippen LogP contribution in [0.3, 0.4) is 0 Å². The third-order valence-corrected chi connectivity index (χ3v) is 16.2. The Balaban J connectivity index is 0.944. The highest BCUT2D eigenvalue weighted by Crippen LogP contribution is 2.53. The fourth-order valence-electron chi connectivity index (χ4n) is 8.61. The van der Waals surface area contributed by atoms with Crippen molar-refractivity contribution in [3.63, 3.8) is 0 Å². The third kappa shape index (κ3) is 7.91. The first-order valence-electron chi connectivity index (χ1n) is 20.7. The first-order chi connectivity index (χ1) is 29.1. The van der Waals surface area contributed by atoms with E-state index in [9.17, 15) is 0 Å². The molecule has 8 aromatic rings. The van der Waals surface area contributed by atoms with E-state index in [0.29, 0.717) is 0 Å². The topological polar surface area (TPSA) is 0 Å². The molecule has 0 bridgehead atoms. The minimum absolute atomic E-state index is 0.0166. The van der Waals surface area contributed by atoms with Gasteiger partial charge in [0.1, 0.15) is 0 Å². The molecule has 1 aliphatic carbocycles. The van der Waals surface area contributed by atoms with Gasteiger partial charge in [-0.3, -0.25) is 0 Å². The summed E-state index contributed by atoms with van der Waals surface area (Å²) in [6, 6.07) is 75.9. The van der Waals surface area contributed by atoms with Crippen molar-refractivity contribution in [3.8, 4) is 11.1 Å². The molecule has 8 aromatic carbocycles. The molecule has 0 aromatic heterocycles. The van der Waals surface area contributed by atoms with Gasteiger partial charge in [0.15, 0.2) is 29.4 Å². The second-order valence-electron chi connectivity index (χ2n) is 15.1. The Kier molecular flexibility index (Phi) is 11.4. The fraction of sp³-hybridized carbons (Fsp3) is 0.0877. The van der Waals surface area contributed by atoms with Crippen LogP contribution in [-0.4, -0.2) is 0 Å². The second-order valence-corrected chi connectivity index (χ2v) is 19.1. The van der Waals surface area contributed by atoms with Crippen molar-refractivity contribution in [2.24, 2.45) is 0 Å². The molecular weight excluding hydrogens is 749 g/mol. The first-order valence-corrected chi connectivity index (χ1v) is 23.1. The van der Waals surface area contributed by atoms with Crippen LogP contribution in [0.25, 0.3) is 35.4 Å². The minimum atomic E-state index is -0.150. The SMILES string of the molecule is CCC1(CC)c2cc(/C=C/c3ccc([S+](c4ccccc4)c4ccccc4)cc3)ccc2-c2ccc(/C=C/c3ccc([S+](c4ccccc4)c4ccccc4)cc3)cc21. The largest absolute Gasteiger partial charge is 0.166 e. The van der Waals surface area contributed by atoms with Crippen molar-refractivity contribution < 1.29 is 0 Å². The maximum atomic E-state index is 2.45. The van der Waals surface area contributed by atoms with Gasteiger partial charge in [0.2, 0.25) is 0 Å². The van der Waals surface area contributed by atoms with Crippen molar-refractivity contribution in [2.45, 2.75) is 61.5 Å². The van der Waals surface area contributed by atoms with Crippen LogP contribution >= 0.6 is 0 Å². The Morgan fingerprint density at radius 3 is 0.898 bits per heavy atom.